The number of hydrogen-bond acceptors (Lipinski definition) is 8. The van der Waals surface area contributed by atoms with Crippen molar-refractivity contribution in [2.24, 2.45) is 0 Å². The summed E-state index contributed by atoms with van der Waals surface area (Å²) in [5.74, 6) is 1.03. The molecule has 10 nitrogen and oxygen atoms in total. The van der Waals surface area contributed by atoms with Gasteiger partial charge in [-0.1, -0.05) is 18.2 Å². The van der Waals surface area contributed by atoms with Gasteiger partial charge in [-0.25, -0.2) is 4.98 Å². The van der Waals surface area contributed by atoms with Crippen molar-refractivity contribution in [3.05, 3.63) is 76.7 Å². The molecule has 1 fully saturated rings. The summed E-state index contributed by atoms with van der Waals surface area (Å²) in [5.41, 5.74) is 1.84. The van der Waals surface area contributed by atoms with Crippen molar-refractivity contribution in [1.29, 1.82) is 0 Å². The average Bonchev–Trinajstić information content (AvgIpc) is 3.38. The number of carbonyl (C=O) groups excluding carboxylic acids is 1. The van der Waals surface area contributed by atoms with E-state index in [1.165, 1.54) is 7.11 Å². The van der Waals surface area contributed by atoms with Gasteiger partial charge in [-0.3, -0.25) is 9.59 Å². The summed E-state index contributed by atoms with van der Waals surface area (Å²) in [4.78, 5) is 37.2. The molecule has 1 saturated heterocycles. The Balaban J connectivity index is 1.48. The number of benzene rings is 2. The average molecular weight is 472 g/mol. The van der Waals surface area contributed by atoms with Gasteiger partial charge in [0.25, 0.3) is 11.5 Å². The standard InChI is InChI=1S/C25H25N7O3/c1-35-20-8-7-16(13-19(20)30-23(33)15-5-3-2-4-6-15)28-22-21-18(10-12-27-24(21)34)31-25(32-22)29-17-9-11-26-14-17/h2-8,10,12-13,17,26H,9,11,14H2,1H3,(H,27,34)(H,30,33)(H2,28,29,31,32)/t17-/m1/s1. The number of carbonyl (C=O) groups is 1. The molecular formula is C25H25N7O3. The van der Waals surface area contributed by atoms with Crippen LogP contribution in [0.25, 0.3) is 10.9 Å². The van der Waals surface area contributed by atoms with Gasteiger partial charge in [-0.15, -0.1) is 0 Å². The smallest absolute Gasteiger partial charge is 0.261 e. The molecule has 1 aliphatic heterocycles. The Bertz CT molecular complexity index is 1420. The molecule has 0 unspecified atom stereocenters. The summed E-state index contributed by atoms with van der Waals surface area (Å²) in [6.07, 6.45) is 2.52. The minimum absolute atomic E-state index is 0.211. The van der Waals surface area contributed by atoms with Gasteiger partial charge in [0, 0.05) is 30.0 Å². The number of fused-ring (bicyclic) bond motifs is 1. The van der Waals surface area contributed by atoms with E-state index in [1.807, 2.05) is 6.07 Å². The van der Waals surface area contributed by atoms with Crippen LogP contribution in [-0.4, -0.2) is 47.1 Å². The van der Waals surface area contributed by atoms with Crippen molar-refractivity contribution in [2.45, 2.75) is 12.5 Å². The van der Waals surface area contributed by atoms with E-state index in [0.717, 1.165) is 19.5 Å². The Morgan fingerprint density at radius 3 is 2.74 bits per heavy atom. The first-order chi connectivity index (χ1) is 17.1. The molecule has 0 spiro atoms. The monoisotopic (exact) mass is 471 g/mol. The molecule has 0 bridgehead atoms. The molecule has 1 amide bonds. The van der Waals surface area contributed by atoms with Crippen molar-refractivity contribution in [3.8, 4) is 5.75 Å². The van der Waals surface area contributed by atoms with Gasteiger partial charge in [0.2, 0.25) is 5.95 Å². The van der Waals surface area contributed by atoms with Crippen LogP contribution in [0.2, 0.25) is 0 Å². The highest BCUT2D eigenvalue weighted by Gasteiger charge is 2.18. The van der Waals surface area contributed by atoms with Gasteiger partial charge in [0.05, 0.1) is 18.3 Å². The fraction of sp³-hybridized carbons (Fsp3) is 0.200. The molecule has 2 aromatic carbocycles. The van der Waals surface area contributed by atoms with E-state index in [1.54, 1.807) is 54.7 Å². The second kappa shape index (κ2) is 9.82. The van der Waals surface area contributed by atoms with Crippen molar-refractivity contribution in [2.75, 3.05) is 36.1 Å². The third kappa shape index (κ3) is 4.92. The van der Waals surface area contributed by atoms with Crippen LogP contribution in [-0.2, 0) is 0 Å². The number of methoxy groups -OCH3 is 1. The molecule has 35 heavy (non-hydrogen) atoms. The highest BCUT2D eigenvalue weighted by atomic mass is 16.5. The summed E-state index contributed by atoms with van der Waals surface area (Å²) in [6.45, 7) is 1.75. The number of hydrogen-bond donors (Lipinski definition) is 5. The Hall–Kier alpha value is -4.44. The number of anilines is 4. The fourth-order valence-electron chi connectivity index (χ4n) is 4.01. The topological polar surface area (TPSA) is 133 Å². The first-order valence-corrected chi connectivity index (χ1v) is 11.3. The van der Waals surface area contributed by atoms with E-state index in [4.69, 9.17) is 4.74 Å². The van der Waals surface area contributed by atoms with Crippen LogP contribution in [0.4, 0.5) is 23.1 Å². The van der Waals surface area contributed by atoms with Gasteiger partial charge >= 0.3 is 0 Å². The zero-order valence-electron chi connectivity index (χ0n) is 19.1. The fourth-order valence-corrected chi connectivity index (χ4v) is 4.01. The lowest BCUT2D eigenvalue weighted by molar-refractivity contribution is 0.102. The second-order valence-corrected chi connectivity index (χ2v) is 8.16. The van der Waals surface area contributed by atoms with Crippen molar-refractivity contribution < 1.29 is 9.53 Å². The van der Waals surface area contributed by atoms with E-state index in [9.17, 15) is 9.59 Å². The molecule has 0 aliphatic carbocycles. The number of ether oxygens (including phenoxy) is 1. The summed E-state index contributed by atoms with van der Waals surface area (Å²) in [6, 6.07) is 16.1. The second-order valence-electron chi connectivity index (χ2n) is 8.16. The lowest BCUT2D eigenvalue weighted by Crippen LogP contribution is -2.24. The third-order valence-corrected chi connectivity index (χ3v) is 5.76. The predicted molar refractivity (Wildman–Crippen MR) is 136 cm³/mol. The van der Waals surface area contributed by atoms with Crippen LogP contribution in [0.5, 0.6) is 5.75 Å². The molecule has 3 heterocycles. The molecule has 1 atom stereocenters. The van der Waals surface area contributed by atoms with Crippen LogP contribution in [0, 0.1) is 0 Å². The molecule has 1 aliphatic rings. The Labute approximate surface area is 201 Å². The molecule has 4 aromatic rings. The minimum Gasteiger partial charge on any atom is -0.495 e. The summed E-state index contributed by atoms with van der Waals surface area (Å²) in [5, 5.41) is 13.1. The normalized spacial score (nSPS) is 15.1. The zero-order chi connectivity index (χ0) is 24.2. The lowest BCUT2D eigenvalue weighted by Gasteiger charge is -2.16. The number of H-pyrrole nitrogens is 1. The van der Waals surface area contributed by atoms with Crippen LogP contribution in [0.15, 0.2) is 65.6 Å². The Kier molecular flexibility index (Phi) is 6.27. The molecule has 2 aromatic heterocycles. The molecule has 5 rings (SSSR count). The first kappa shape index (κ1) is 22.4. The Morgan fingerprint density at radius 2 is 1.97 bits per heavy atom. The number of rotatable bonds is 7. The zero-order valence-corrected chi connectivity index (χ0v) is 19.1. The molecule has 10 heteroatoms. The SMILES string of the molecule is COc1ccc(Nc2nc(N[C@@H]3CCNC3)nc3cc[nH]c(=O)c23)cc1NC(=O)c1ccccc1. The largest absolute Gasteiger partial charge is 0.495 e. The molecule has 0 saturated carbocycles. The number of aromatic amines is 1. The molecule has 0 radical (unpaired) electrons. The van der Waals surface area contributed by atoms with Crippen molar-refractivity contribution in [3.63, 3.8) is 0 Å². The van der Waals surface area contributed by atoms with Crippen LogP contribution < -0.4 is 31.6 Å². The van der Waals surface area contributed by atoms with Crippen molar-refractivity contribution in [1.82, 2.24) is 20.3 Å². The van der Waals surface area contributed by atoms with Gasteiger partial charge < -0.3 is 31.0 Å². The van der Waals surface area contributed by atoms with Gasteiger partial charge in [0.1, 0.15) is 17.0 Å². The number of nitrogens with one attached hydrogen (secondary N) is 5. The first-order valence-electron chi connectivity index (χ1n) is 11.3. The highest BCUT2D eigenvalue weighted by molar-refractivity contribution is 6.05. The van der Waals surface area contributed by atoms with E-state index in [2.05, 4.69) is 36.2 Å². The number of amides is 1. The lowest BCUT2D eigenvalue weighted by atomic mass is 10.2. The number of pyridine rings is 1. The maximum absolute atomic E-state index is 12.7. The molecular weight excluding hydrogens is 446 g/mol. The molecule has 5 N–H and O–H groups in total. The maximum atomic E-state index is 12.7. The van der Waals surface area contributed by atoms with Crippen LogP contribution in [0.1, 0.15) is 16.8 Å². The summed E-state index contributed by atoms with van der Waals surface area (Å²) >= 11 is 0. The number of aromatic nitrogens is 3. The van der Waals surface area contributed by atoms with E-state index < -0.39 is 0 Å². The summed E-state index contributed by atoms with van der Waals surface area (Å²) in [7, 11) is 1.54. The highest BCUT2D eigenvalue weighted by Crippen LogP contribution is 2.31. The molecule has 178 valence electrons. The van der Waals surface area contributed by atoms with Gasteiger partial charge in [-0.2, -0.15) is 4.98 Å². The van der Waals surface area contributed by atoms with E-state index in [-0.39, 0.29) is 17.5 Å². The van der Waals surface area contributed by atoms with E-state index in [0.29, 0.717) is 45.4 Å². The van der Waals surface area contributed by atoms with Gasteiger partial charge in [-0.05, 0) is 49.4 Å². The minimum atomic E-state index is -0.301. The maximum Gasteiger partial charge on any atom is 0.261 e. The quantitative estimate of drug-likeness (QED) is 0.278. The van der Waals surface area contributed by atoms with Gasteiger partial charge in [0.15, 0.2) is 0 Å². The van der Waals surface area contributed by atoms with E-state index >= 15 is 0 Å². The predicted octanol–water partition coefficient (Wildman–Crippen LogP) is 3.10. The van der Waals surface area contributed by atoms with Crippen LogP contribution >= 0.6 is 0 Å². The Morgan fingerprint density at radius 1 is 1.11 bits per heavy atom. The van der Waals surface area contributed by atoms with Crippen LogP contribution in [0.3, 0.4) is 0 Å². The number of nitrogens with zero attached hydrogens (tertiary/aromatic N) is 2. The van der Waals surface area contributed by atoms with Crippen molar-refractivity contribution >= 4 is 40.0 Å². The third-order valence-electron chi connectivity index (χ3n) is 5.76. The summed E-state index contributed by atoms with van der Waals surface area (Å²) < 4.78 is 5.43.